The zero-order valence-corrected chi connectivity index (χ0v) is 15.1. The zero-order chi connectivity index (χ0) is 17.9. The molecule has 2 aromatic rings. The molecule has 0 unspecified atom stereocenters. The molecule has 0 spiro atoms. The highest BCUT2D eigenvalue weighted by atomic mass is 35.5. The Morgan fingerprint density at radius 2 is 1.79 bits per heavy atom. The third-order valence-corrected chi connectivity index (χ3v) is 4.44. The summed E-state index contributed by atoms with van der Waals surface area (Å²) in [7, 11) is 0. The van der Waals surface area contributed by atoms with Gasteiger partial charge < -0.3 is 10.2 Å². The Kier molecular flexibility index (Phi) is 5.62. The van der Waals surface area contributed by atoms with E-state index in [0.717, 1.165) is 16.7 Å². The molecule has 1 N–H and O–H groups in total. The van der Waals surface area contributed by atoms with Crippen molar-refractivity contribution in [3.63, 3.8) is 0 Å². The molecular weight excluding hydrogens is 324 g/mol. The van der Waals surface area contributed by atoms with Crippen molar-refractivity contribution in [2.45, 2.75) is 27.7 Å². The number of nitrogens with zero attached hydrogens (tertiary/aromatic N) is 1. The van der Waals surface area contributed by atoms with E-state index < -0.39 is 0 Å². The minimum Gasteiger partial charge on any atom is -0.324 e. The lowest BCUT2D eigenvalue weighted by molar-refractivity contribution is -0.120. The van der Waals surface area contributed by atoms with Crippen molar-refractivity contribution >= 4 is 34.8 Å². The smallest absolute Gasteiger partial charge is 0.244 e. The Hall–Kier alpha value is -2.33. The van der Waals surface area contributed by atoms with Crippen LogP contribution in [0.3, 0.4) is 0 Å². The Labute approximate surface area is 147 Å². The zero-order valence-electron chi connectivity index (χ0n) is 14.3. The summed E-state index contributed by atoms with van der Waals surface area (Å²) in [5.41, 5.74) is 4.37. The maximum absolute atomic E-state index is 12.4. The number of carbonyl (C=O) groups excluding carboxylic acids is 2. The number of benzene rings is 2. The maximum atomic E-state index is 12.4. The summed E-state index contributed by atoms with van der Waals surface area (Å²) in [5.74, 6) is -0.454. The van der Waals surface area contributed by atoms with Crippen LogP contribution in [0.15, 0.2) is 36.4 Å². The van der Waals surface area contributed by atoms with E-state index >= 15 is 0 Å². The fourth-order valence-corrected chi connectivity index (χ4v) is 2.53. The molecule has 4 nitrogen and oxygen atoms in total. The second kappa shape index (κ2) is 7.49. The molecule has 0 atom stereocenters. The molecule has 0 aromatic heterocycles. The van der Waals surface area contributed by atoms with Gasteiger partial charge in [0.2, 0.25) is 11.8 Å². The summed E-state index contributed by atoms with van der Waals surface area (Å²) in [6.45, 7) is 7.22. The molecule has 0 saturated carbocycles. The highest BCUT2D eigenvalue weighted by Crippen LogP contribution is 2.23. The number of halogens is 1. The fourth-order valence-electron chi connectivity index (χ4n) is 2.35. The van der Waals surface area contributed by atoms with E-state index in [2.05, 4.69) is 5.32 Å². The average molecular weight is 345 g/mol. The Morgan fingerprint density at radius 3 is 2.42 bits per heavy atom. The van der Waals surface area contributed by atoms with Crippen molar-refractivity contribution in [3.05, 3.63) is 58.1 Å². The van der Waals surface area contributed by atoms with Crippen molar-refractivity contribution in [1.82, 2.24) is 0 Å². The van der Waals surface area contributed by atoms with Crippen molar-refractivity contribution in [1.29, 1.82) is 0 Å². The van der Waals surface area contributed by atoms with Crippen molar-refractivity contribution in [2.24, 2.45) is 0 Å². The van der Waals surface area contributed by atoms with E-state index in [1.54, 1.807) is 18.2 Å². The normalized spacial score (nSPS) is 10.4. The highest BCUT2D eigenvalue weighted by molar-refractivity contribution is 6.31. The van der Waals surface area contributed by atoms with Crippen LogP contribution in [0, 0.1) is 20.8 Å². The predicted molar refractivity (Wildman–Crippen MR) is 98.8 cm³/mol. The topological polar surface area (TPSA) is 49.4 Å². The van der Waals surface area contributed by atoms with Gasteiger partial charge in [-0.3, -0.25) is 9.59 Å². The SMILES string of the molecule is CC(=O)N(CC(=O)Nc1cccc(Cl)c1C)c1ccc(C)c(C)c1. The first-order chi connectivity index (χ1) is 11.3. The van der Waals surface area contributed by atoms with Crippen LogP contribution in [0.5, 0.6) is 0 Å². The number of anilines is 2. The summed E-state index contributed by atoms with van der Waals surface area (Å²) < 4.78 is 0. The molecule has 0 radical (unpaired) electrons. The second-order valence-electron chi connectivity index (χ2n) is 5.83. The fraction of sp³-hybridized carbons (Fsp3) is 0.263. The first-order valence-corrected chi connectivity index (χ1v) is 8.07. The van der Waals surface area contributed by atoms with Crippen LogP contribution in [-0.2, 0) is 9.59 Å². The minimum atomic E-state index is -0.270. The molecule has 0 heterocycles. The number of carbonyl (C=O) groups is 2. The number of hydrogen-bond donors (Lipinski definition) is 1. The van der Waals surface area contributed by atoms with Crippen molar-refractivity contribution in [3.8, 4) is 0 Å². The van der Waals surface area contributed by atoms with Gasteiger partial charge in [-0.2, -0.15) is 0 Å². The van der Waals surface area contributed by atoms with E-state index in [1.807, 2.05) is 39.0 Å². The van der Waals surface area contributed by atoms with Gasteiger partial charge in [-0.15, -0.1) is 0 Å². The van der Waals surface area contributed by atoms with Crippen LogP contribution in [0.25, 0.3) is 0 Å². The minimum absolute atomic E-state index is 0.0518. The van der Waals surface area contributed by atoms with Gasteiger partial charge in [0.1, 0.15) is 6.54 Å². The average Bonchev–Trinajstić information content (AvgIpc) is 2.52. The number of amides is 2. The molecule has 2 rings (SSSR count). The molecule has 5 heteroatoms. The molecule has 0 fully saturated rings. The van der Waals surface area contributed by atoms with Crippen LogP contribution < -0.4 is 10.2 Å². The molecule has 0 aliphatic heterocycles. The molecule has 0 saturated heterocycles. The lowest BCUT2D eigenvalue weighted by Gasteiger charge is -2.22. The van der Waals surface area contributed by atoms with Gasteiger partial charge in [0.05, 0.1) is 0 Å². The molecule has 24 heavy (non-hydrogen) atoms. The van der Waals surface area contributed by atoms with E-state index in [-0.39, 0.29) is 18.4 Å². The molecule has 2 amide bonds. The van der Waals surface area contributed by atoms with Gasteiger partial charge in [0.25, 0.3) is 0 Å². The van der Waals surface area contributed by atoms with E-state index in [0.29, 0.717) is 16.4 Å². The van der Waals surface area contributed by atoms with E-state index in [1.165, 1.54) is 11.8 Å². The third kappa shape index (κ3) is 4.15. The first kappa shape index (κ1) is 18.0. The maximum Gasteiger partial charge on any atom is 0.244 e. The van der Waals surface area contributed by atoms with Gasteiger partial charge in [0.15, 0.2) is 0 Å². The molecule has 0 aliphatic rings. The Morgan fingerprint density at radius 1 is 1.08 bits per heavy atom. The second-order valence-corrected chi connectivity index (χ2v) is 6.24. The Bertz CT molecular complexity index is 787. The quantitative estimate of drug-likeness (QED) is 0.901. The summed E-state index contributed by atoms with van der Waals surface area (Å²) in [4.78, 5) is 25.8. The number of aryl methyl sites for hydroxylation is 2. The van der Waals surface area contributed by atoms with Crippen LogP contribution in [0.1, 0.15) is 23.6 Å². The van der Waals surface area contributed by atoms with Crippen LogP contribution in [0.4, 0.5) is 11.4 Å². The van der Waals surface area contributed by atoms with Crippen molar-refractivity contribution < 1.29 is 9.59 Å². The van der Waals surface area contributed by atoms with Crippen molar-refractivity contribution in [2.75, 3.05) is 16.8 Å². The summed E-state index contributed by atoms with van der Waals surface area (Å²) >= 11 is 6.07. The molecule has 126 valence electrons. The summed E-state index contributed by atoms with van der Waals surface area (Å²) in [6.07, 6.45) is 0. The molecule has 0 bridgehead atoms. The number of nitrogens with one attached hydrogen (secondary N) is 1. The largest absolute Gasteiger partial charge is 0.324 e. The van der Waals surface area contributed by atoms with Crippen LogP contribution >= 0.6 is 11.6 Å². The Balaban J connectivity index is 2.18. The predicted octanol–water partition coefficient (Wildman–Crippen LogP) is 4.26. The van der Waals surface area contributed by atoms with E-state index in [9.17, 15) is 9.59 Å². The van der Waals surface area contributed by atoms with Crippen LogP contribution in [-0.4, -0.2) is 18.4 Å². The number of rotatable bonds is 4. The summed E-state index contributed by atoms with van der Waals surface area (Å²) in [6, 6.07) is 11.0. The van der Waals surface area contributed by atoms with Gasteiger partial charge in [0, 0.05) is 23.3 Å². The third-order valence-electron chi connectivity index (χ3n) is 4.03. The van der Waals surface area contributed by atoms with Gasteiger partial charge >= 0.3 is 0 Å². The van der Waals surface area contributed by atoms with Crippen LogP contribution in [0.2, 0.25) is 5.02 Å². The highest BCUT2D eigenvalue weighted by Gasteiger charge is 2.17. The lowest BCUT2D eigenvalue weighted by Crippen LogP contribution is -2.36. The van der Waals surface area contributed by atoms with Gasteiger partial charge in [-0.1, -0.05) is 23.7 Å². The first-order valence-electron chi connectivity index (χ1n) is 7.70. The molecule has 2 aromatic carbocycles. The molecule has 0 aliphatic carbocycles. The number of hydrogen-bond acceptors (Lipinski definition) is 2. The molecular formula is C19H21ClN2O2. The van der Waals surface area contributed by atoms with Gasteiger partial charge in [-0.25, -0.2) is 0 Å². The monoisotopic (exact) mass is 344 g/mol. The van der Waals surface area contributed by atoms with Gasteiger partial charge in [-0.05, 0) is 61.7 Å². The standard InChI is InChI=1S/C19H21ClN2O2/c1-12-8-9-16(10-13(12)2)22(15(4)23)11-19(24)21-18-7-5-6-17(20)14(18)3/h5-10H,11H2,1-4H3,(H,21,24). The lowest BCUT2D eigenvalue weighted by atomic mass is 10.1. The van der Waals surface area contributed by atoms with E-state index in [4.69, 9.17) is 11.6 Å². The summed E-state index contributed by atoms with van der Waals surface area (Å²) in [5, 5.41) is 3.40.